The molecule has 1 atom stereocenters. The van der Waals surface area contributed by atoms with E-state index in [1.54, 1.807) is 6.20 Å². The lowest BCUT2D eigenvalue weighted by atomic mass is 10.3. The first-order valence-electron chi connectivity index (χ1n) is 6.19. The van der Waals surface area contributed by atoms with Crippen LogP contribution in [0.3, 0.4) is 0 Å². The van der Waals surface area contributed by atoms with Crippen molar-refractivity contribution in [3.63, 3.8) is 0 Å². The number of nitrogens with zero attached hydrogens (tertiary/aromatic N) is 4. The molecule has 1 saturated heterocycles. The Balaban J connectivity index is 1.91. The van der Waals surface area contributed by atoms with Gasteiger partial charge in [0.15, 0.2) is 5.16 Å². The molecule has 2 heterocycles. The number of aromatic nitrogens is 2. The van der Waals surface area contributed by atoms with Crippen LogP contribution >= 0.6 is 11.8 Å². The van der Waals surface area contributed by atoms with Crippen molar-refractivity contribution in [3.8, 4) is 0 Å². The molecule has 1 unspecified atom stereocenters. The molecule has 2 rings (SSSR count). The molecular formula is C12H20N4OS. The van der Waals surface area contributed by atoms with Gasteiger partial charge in [0, 0.05) is 45.6 Å². The van der Waals surface area contributed by atoms with E-state index in [-0.39, 0.29) is 11.2 Å². The number of amides is 1. The second-order valence-corrected chi connectivity index (χ2v) is 6.02. The van der Waals surface area contributed by atoms with Crippen molar-refractivity contribution in [1.29, 1.82) is 0 Å². The molecule has 0 bridgehead atoms. The number of imidazole rings is 1. The van der Waals surface area contributed by atoms with Crippen molar-refractivity contribution in [1.82, 2.24) is 19.4 Å². The van der Waals surface area contributed by atoms with E-state index in [1.165, 1.54) is 11.8 Å². The Labute approximate surface area is 112 Å². The van der Waals surface area contributed by atoms with Crippen molar-refractivity contribution >= 4 is 17.7 Å². The Bertz CT molecular complexity index is 412. The van der Waals surface area contributed by atoms with Gasteiger partial charge < -0.3 is 14.4 Å². The van der Waals surface area contributed by atoms with Crippen LogP contribution in [-0.4, -0.2) is 63.7 Å². The van der Waals surface area contributed by atoms with Crippen molar-refractivity contribution < 1.29 is 4.79 Å². The van der Waals surface area contributed by atoms with E-state index >= 15 is 0 Å². The van der Waals surface area contributed by atoms with E-state index in [4.69, 9.17) is 0 Å². The molecule has 18 heavy (non-hydrogen) atoms. The maximum absolute atomic E-state index is 12.3. The van der Waals surface area contributed by atoms with Gasteiger partial charge in [-0.2, -0.15) is 0 Å². The zero-order valence-corrected chi connectivity index (χ0v) is 12.0. The van der Waals surface area contributed by atoms with Crippen LogP contribution in [0.2, 0.25) is 0 Å². The quantitative estimate of drug-likeness (QED) is 0.756. The molecule has 1 aliphatic heterocycles. The average Bonchev–Trinajstić information content (AvgIpc) is 2.75. The van der Waals surface area contributed by atoms with Gasteiger partial charge in [-0.05, 0) is 14.0 Å². The minimum Gasteiger partial charge on any atom is -0.339 e. The van der Waals surface area contributed by atoms with E-state index < -0.39 is 0 Å². The minimum atomic E-state index is -0.0745. The minimum absolute atomic E-state index is 0.0745. The standard InChI is InChI=1S/C12H20N4OS/c1-10(18-12-13-4-5-15(12)3)11(17)16-8-6-14(2)7-9-16/h4-5,10H,6-9H2,1-3H3. The largest absolute Gasteiger partial charge is 0.339 e. The van der Waals surface area contributed by atoms with Gasteiger partial charge in [0.25, 0.3) is 0 Å². The van der Waals surface area contributed by atoms with Gasteiger partial charge in [0.05, 0.1) is 5.25 Å². The van der Waals surface area contributed by atoms with Gasteiger partial charge in [-0.25, -0.2) is 4.98 Å². The fraction of sp³-hybridized carbons (Fsp3) is 0.667. The second-order valence-electron chi connectivity index (χ2n) is 4.71. The topological polar surface area (TPSA) is 41.4 Å². The first-order valence-corrected chi connectivity index (χ1v) is 7.07. The fourth-order valence-electron chi connectivity index (χ4n) is 1.96. The molecule has 1 fully saturated rings. The molecule has 1 aromatic heterocycles. The molecule has 1 aromatic rings. The Morgan fingerprint density at radius 2 is 2.00 bits per heavy atom. The maximum Gasteiger partial charge on any atom is 0.235 e. The van der Waals surface area contributed by atoms with Crippen LogP contribution in [0, 0.1) is 0 Å². The van der Waals surface area contributed by atoms with Crippen molar-refractivity contribution in [2.45, 2.75) is 17.3 Å². The Morgan fingerprint density at radius 3 is 2.56 bits per heavy atom. The molecule has 100 valence electrons. The van der Waals surface area contributed by atoms with E-state index in [2.05, 4.69) is 16.9 Å². The first-order chi connectivity index (χ1) is 8.58. The normalized spacial score (nSPS) is 18.9. The lowest BCUT2D eigenvalue weighted by Crippen LogP contribution is -2.49. The highest BCUT2D eigenvalue weighted by Crippen LogP contribution is 2.22. The van der Waals surface area contributed by atoms with Crippen molar-refractivity contribution in [2.24, 2.45) is 7.05 Å². The summed E-state index contributed by atoms with van der Waals surface area (Å²) in [5.41, 5.74) is 0. The van der Waals surface area contributed by atoms with Crippen LogP contribution in [0.25, 0.3) is 0 Å². The monoisotopic (exact) mass is 268 g/mol. The highest BCUT2D eigenvalue weighted by Gasteiger charge is 2.25. The number of carbonyl (C=O) groups is 1. The Kier molecular flexibility index (Phi) is 4.29. The highest BCUT2D eigenvalue weighted by molar-refractivity contribution is 8.00. The number of rotatable bonds is 3. The Morgan fingerprint density at radius 1 is 1.33 bits per heavy atom. The third kappa shape index (κ3) is 3.05. The van der Waals surface area contributed by atoms with Gasteiger partial charge in [0.2, 0.25) is 5.91 Å². The SMILES string of the molecule is CC(Sc1nccn1C)C(=O)N1CCN(C)CC1. The van der Waals surface area contributed by atoms with Gasteiger partial charge >= 0.3 is 0 Å². The van der Waals surface area contributed by atoms with Crippen LogP contribution in [0.5, 0.6) is 0 Å². The summed E-state index contributed by atoms with van der Waals surface area (Å²) in [7, 11) is 4.04. The fourth-order valence-corrected chi connectivity index (χ4v) is 2.87. The van der Waals surface area contributed by atoms with Crippen LogP contribution < -0.4 is 0 Å². The smallest absolute Gasteiger partial charge is 0.235 e. The van der Waals surface area contributed by atoms with Crippen LogP contribution in [-0.2, 0) is 11.8 Å². The third-order valence-corrected chi connectivity index (χ3v) is 4.38. The molecule has 6 heteroatoms. The number of hydrogen-bond donors (Lipinski definition) is 0. The van der Waals surface area contributed by atoms with Gasteiger partial charge in [0.1, 0.15) is 0 Å². The zero-order valence-electron chi connectivity index (χ0n) is 11.2. The average molecular weight is 268 g/mol. The molecule has 0 radical (unpaired) electrons. The predicted octanol–water partition coefficient (Wildman–Crippen LogP) is 0.675. The van der Waals surface area contributed by atoms with Crippen LogP contribution in [0.15, 0.2) is 17.6 Å². The number of hydrogen-bond acceptors (Lipinski definition) is 4. The Hall–Kier alpha value is -1.01. The summed E-state index contributed by atoms with van der Waals surface area (Å²) in [5.74, 6) is 0.219. The summed E-state index contributed by atoms with van der Waals surface area (Å²) in [4.78, 5) is 20.7. The lowest BCUT2D eigenvalue weighted by Gasteiger charge is -2.33. The molecule has 0 spiro atoms. The van der Waals surface area contributed by atoms with E-state index in [1.807, 2.05) is 29.6 Å². The third-order valence-electron chi connectivity index (χ3n) is 3.22. The van der Waals surface area contributed by atoms with E-state index in [0.29, 0.717) is 0 Å². The number of aryl methyl sites for hydroxylation is 1. The summed E-state index contributed by atoms with van der Waals surface area (Å²) in [6.45, 7) is 5.55. The van der Waals surface area contributed by atoms with Crippen molar-refractivity contribution in [3.05, 3.63) is 12.4 Å². The van der Waals surface area contributed by atoms with E-state index in [0.717, 1.165) is 31.3 Å². The summed E-state index contributed by atoms with van der Waals surface area (Å²) >= 11 is 1.53. The summed E-state index contributed by atoms with van der Waals surface area (Å²) in [6.07, 6.45) is 3.66. The maximum atomic E-state index is 12.3. The second kappa shape index (κ2) is 5.75. The molecule has 0 N–H and O–H groups in total. The molecular weight excluding hydrogens is 248 g/mol. The van der Waals surface area contributed by atoms with Crippen LogP contribution in [0.1, 0.15) is 6.92 Å². The molecule has 0 aliphatic carbocycles. The summed E-state index contributed by atoms with van der Waals surface area (Å²) in [6, 6.07) is 0. The first kappa shape index (κ1) is 13.4. The number of likely N-dealkylation sites (N-methyl/N-ethyl adjacent to an activating group) is 1. The van der Waals surface area contributed by atoms with Gasteiger partial charge in [-0.1, -0.05) is 11.8 Å². The summed E-state index contributed by atoms with van der Waals surface area (Å²) in [5, 5.41) is 0.819. The summed E-state index contributed by atoms with van der Waals surface area (Å²) < 4.78 is 1.94. The van der Waals surface area contributed by atoms with Gasteiger partial charge in [-0.3, -0.25) is 4.79 Å². The lowest BCUT2D eigenvalue weighted by molar-refractivity contribution is -0.131. The molecule has 1 aliphatic rings. The molecule has 1 amide bonds. The molecule has 0 saturated carbocycles. The predicted molar refractivity (Wildman–Crippen MR) is 72.6 cm³/mol. The zero-order chi connectivity index (χ0) is 13.1. The van der Waals surface area contributed by atoms with Crippen LogP contribution in [0.4, 0.5) is 0 Å². The number of thioether (sulfide) groups is 1. The highest BCUT2D eigenvalue weighted by atomic mass is 32.2. The molecule has 0 aromatic carbocycles. The van der Waals surface area contributed by atoms with E-state index in [9.17, 15) is 4.79 Å². The number of piperazine rings is 1. The van der Waals surface area contributed by atoms with Crippen molar-refractivity contribution in [2.75, 3.05) is 33.2 Å². The van der Waals surface area contributed by atoms with Gasteiger partial charge in [-0.15, -0.1) is 0 Å². The molecule has 5 nitrogen and oxygen atoms in total. The number of carbonyl (C=O) groups excluding carboxylic acids is 1.